The Bertz CT molecular complexity index is 1400. The first-order valence-corrected chi connectivity index (χ1v) is 12.0. The molecule has 1 amide bonds. The molecule has 3 aromatic rings. The summed E-state index contributed by atoms with van der Waals surface area (Å²) in [6, 6.07) is 4.51. The molecule has 2 aromatic heterocycles. The normalized spacial score (nSPS) is 20.5. The predicted octanol–water partition coefficient (Wildman–Crippen LogP) is 4.07. The quantitative estimate of drug-likeness (QED) is 0.538. The van der Waals surface area contributed by atoms with Crippen LogP contribution in [0.3, 0.4) is 0 Å². The molecule has 1 N–H and O–H groups in total. The number of benzene rings is 1. The van der Waals surface area contributed by atoms with Crippen molar-refractivity contribution in [3.63, 3.8) is 0 Å². The molecule has 1 aromatic carbocycles. The van der Waals surface area contributed by atoms with Crippen LogP contribution >= 0.6 is 11.3 Å². The summed E-state index contributed by atoms with van der Waals surface area (Å²) < 4.78 is 36.6. The van der Waals surface area contributed by atoms with Gasteiger partial charge in [0.2, 0.25) is 11.2 Å². The van der Waals surface area contributed by atoms with Crippen LogP contribution in [-0.2, 0) is 0 Å². The molecule has 2 atom stereocenters. The van der Waals surface area contributed by atoms with E-state index in [0.29, 0.717) is 12.0 Å². The van der Waals surface area contributed by atoms with Gasteiger partial charge in [0.25, 0.3) is 5.91 Å². The largest absolute Gasteiger partial charge is 0.502 e. The van der Waals surface area contributed by atoms with Crippen molar-refractivity contribution in [1.82, 2.24) is 9.58 Å². The van der Waals surface area contributed by atoms with E-state index < -0.39 is 34.8 Å². The van der Waals surface area contributed by atoms with Crippen LogP contribution in [-0.4, -0.2) is 39.9 Å². The van der Waals surface area contributed by atoms with Gasteiger partial charge in [0.05, 0.1) is 6.04 Å². The fourth-order valence-electron chi connectivity index (χ4n) is 4.63. The number of nitrogens with zero attached hydrogens (tertiary/aromatic N) is 3. The third-order valence-corrected chi connectivity index (χ3v) is 7.49. The number of hydrogen-bond donors (Lipinski definition) is 1. The second-order valence-corrected chi connectivity index (χ2v) is 9.39. The van der Waals surface area contributed by atoms with E-state index in [4.69, 9.17) is 4.74 Å². The van der Waals surface area contributed by atoms with Crippen LogP contribution in [0.2, 0.25) is 0 Å². The molecule has 0 unspecified atom stereocenters. The van der Waals surface area contributed by atoms with Gasteiger partial charge in [-0.25, -0.2) is 4.39 Å². The zero-order valence-corrected chi connectivity index (χ0v) is 19.9. The van der Waals surface area contributed by atoms with E-state index in [0.717, 1.165) is 16.5 Å². The van der Waals surface area contributed by atoms with Crippen LogP contribution in [0.1, 0.15) is 45.9 Å². The van der Waals surface area contributed by atoms with Gasteiger partial charge in [-0.1, -0.05) is 13.0 Å². The molecular weight excluding hydrogens is 476 g/mol. The minimum atomic E-state index is -1.10. The Labute approximate surface area is 204 Å². The fourth-order valence-corrected chi connectivity index (χ4v) is 5.68. The molecule has 2 bridgehead atoms. The van der Waals surface area contributed by atoms with Crippen LogP contribution in [0.4, 0.5) is 8.78 Å². The minimum absolute atomic E-state index is 0.0297. The number of fused-ring (bicyclic) bond motifs is 5. The summed E-state index contributed by atoms with van der Waals surface area (Å²) in [6.45, 7) is 3.85. The second kappa shape index (κ2) is 8.84. The molecule has 7 nitrogen and oxygen atoms in total. The maximum atomic E-state index is 15.1. The zero-order chi connectivity index (χ0) is 24.9. The average molecular weight is 500 g/mol. The molecule has 10 heteroatoms. The van der Waals surface area contributed by atoms with Gasteiger partial charge in [-0.15, -0.1) is 11.3 Å². The van der Waals surface area contributed by atoms with E-state index in [9.17, 15) is 19.1 Å². The van der Waals surface area contributed by atoms with Crippen molar-refractivity contribution >= 4 is 17.2 Å². The number of pyridine rings is 1. The highest BCUT2D eigenvalue weighted by Crippen LogP contribution is 2.42. The first kappa shape index (κ1) is 23.1. The van der Waals surface area contributed by atoms with Crippen molar-refractivity contribution < 1.29 is 23.4 Å². The lowest BCUT2D eigenvalue weighted by molar-refractivity contribution is 0.0626. The van der Waals surface area contributed by atoms with Crippen LogP contribution in [0.5, 0.6) is 11.5 Å². The number of halogens is 2. The number of hydrogen-bond acceptors (Lipinski definition) is 6. The maximum absolute atomic E-state index is 15.1. The van der Waals surface area contributed by atoms with Gasteiger partial charge in [-0.05, 0) is 48.6 Å². The number of carbonyl (C=O) groups is 1. The van der Waals surface area contributed by atoms with Crippen LogP contribution in [0, 0.1) is 18.6 Å². The Balaban J connectivity index is 1.85. The molecule has 182 valence electrons. The highest BCUT2D eigenvalue weighted by atomic mass is 32.1. The van der Waals surface area contributed by atoms with Crippen molar-refractivity contribution in [2.24, 2.45) is 0 Å². The number of carbonyl (C=O) groups excluding carboxylic acids is 1. The molecule has 0 fully saturated rings. The highest BCUT2D eigenvalue weighted by Gasteiger charge is 2.40. The summed E-state index contributed by atoms with van der Waals surface area (Å²) in [5, 5.41) is 14.3. The Morgan fingerprint density at radius 1 is 1.20 bits per heavy atom. The number of ether oxygens (including phenoxy) is 1. The summed E-state index contributed by atoms with van der Waals surface area (Å²) >= 11 is 1.43. The molecule has 0 saturated carbocycles. The van der Waals surface area contributed by atoms with E-state index in [-0.39, 0.29) is 30.8 Å². The predicted molar refractivity (Wildman–Crippen MR) is 128 cm³/mol. The van der Waals surface area contributed by atoms with Gasteiger partial charge < -0.3 is 14.7 Å². The summed E-state index contributed by atoms with van der Waals surface area (Å²) in [6.07, 6.45) is 5.38. The number of aryl methyl sites for hydroxylation is 1. The number of thiophene rings is 1. The molecular formula is C25H23F2N3O4S. The third-order valence-electron chi connectivity index (χ3n) is 6.42. The van der Waals surface area contributed by atoms with E-state index in [1.54, 1.807) is 22.1 Å². The Hall–Kier alpha value is -3.66. The standard InChI is InChI=1S/C25H23F2N3O4S/c1-3-15-5-4-11-34-23-16(6-7-17(26)19(23)27)20(24-14(2)9-12-35-24)30-13-28(15)25(33)21-22(32)18(31)8-10-29(21)30/h4-10,12,15,20,32H,3,11,13H2,1-2H3/b5-4+/t15-,20+/m0/s1. The first-order chi connectivity index (χ1) is 16.8. The number of aromatic nitrogens is 1. The van der Waals surface area contributed by atoms with Crippen molar-refractivity contribution in [3.05, 3.63) is 91.6 Å². The fraction of sp³-hybridized carbons (Fsp3) is 0.280. The number of aromatic hydroxyl groups is 1. The molecule has 0 radical (unpaired) electrons. The number of rotatable bonds is 2. The maximum Gasteiger partial charge on any atom is 0.278 e. The Morgan fingerprint density at radius 2 is 2.00 bits per heavy atom. The van der Waals surface area contributed by atoms with Crippen LogP contribution < -0.4 is 15.2 Å². The Morgan fingerprint density at radius 3 is 2.71 bits per heavy atom. The van der Waals surface area contributed by atoms with E-state index in [1.807, 2.05) is 25.3 Å². The monoisotopic (exact) mass is 499 g/mol. The first-order valence-electron chi connectivity index (χ1n) is 11.2. The molecule has 2 aliphatic rings. The molecule has 0 spiro atoms. The summed E-state index contributed by atoms with van der Waals surface area (Å²) in [4.78, 5) is 28.2. The number of amides is 1. The molecule has 35 heavy (non-hydrogen) atoms. The lowest BCUT2D eigenvalue weighted by Crippen LogP contribution is -2.57. The molecule has 5 rings (SSSR count). The highest BCUT2D eigenvalue weighted by molar-refractivity contribution is 7.10. The van der Waals surface area contributed by atoms with E-state index in [1.165, 1.54) is 34.3 Å². The van der Waals surface area contributed by atoms with Crippen LogP contribution in [0.25, 0.3) is 0 Å². The molecule has 4 heterocycles. The molecule has 0 aliphatic carbocycles. The van der Waals surface area contributed by atoms with Gasteiger partial charge in [-0.2, -0.15) is 4.39 Å². The zero-order valence-electron chi connectivity index (χ0n) is 19.1. The second-order valence-electron chi connectivity index (χ2n) is 8.44. The topological polar surface area (TPSA) is 75.0 Å². The lowest BCUT2D eigenvalue weighted by atomic mass is 10.00. The van der Waals surface area contributed by atoms with Crippen molar-refractivity contribution in [2.45, 2.75) is 32.4 Å². The lowest BCUT2D eigenvalue weighted by Gasteiger charge is -2.45. The molecule has 0 saturated heterocycles. The minimum Gasteiger partial charge on any atom is -0.502 e. The SMILES string of the molecule is CC[C@H]1/C=C/COc2c(ccc(F)c2F)[C@H](c2sccc2C)N2CN1C(=O)c1c(O)c(=O)ccn12. The van der Waals surface area contributed by atoms with Crippen molar-refractivity contribution in [1.29, 1.82) is 0 Å². The van der Waals surface area contributed by atoms with Crippen molar-refractivity contribution in [2.75, 3.05) is 18.3 Å². The Kier molecular flexibility index (Phi) is 5.84. The third kappa shape index (κ3) is 3.68. The van der Waals surface area contributed by atoms with E-state index >= 15 is 4.39 Å². The van der Waals surface area contributed by atoms with Crippen molar-refractivity contribution in [3.8, 4) is 11.5 Å². The van der Waals surface area contributed by atoms with Gasteiger partial charge in [-0.3, -0.25) is 19.3 Å². The smallest absolute Gasteiger partial charge is 0.278 e. The van der Waals surface area contributed by atoms with E-state index in [2.05, 4.69) is 0 Å². The average Bonchev–Trinajstić information content (AvgIpc) is 3.25. The summed E-state index contributed by atoms with van der Waals surface area (Å²) in [5.41, 5.74) is 0.404. The van der Waals surface area contributed by atoms with Gasteiger partial charge in [0.15, 0.2) is 23.0 Å². The molecule has 2 aliphatic heterocycles. The van der Waals surface area contributed by atoms with Gasteiger partial charge in [0, 0.05) is 22.7 Å². The van der Waals surface area contributed by atoms with Crippen LogP contribution in [0.15, 0.2) is 52.8 Å². The summed E-state index contributed by atoms with van der Waals surface area (Å²) in [7, 11) is 0. The van der Waals surface area contributed by atoms with Gasteiger partial charge in [0.1, 0.15) is 19.3 Å². The van der Waals surface area contributed by atoms with Gasteiger partial charge >= 0.3 is 0 Å². The summed E-state index contributed by atoms with van der Waals surface area (Å²) in [5.74, 6) is -3.52.